The molecule has 0 spiro atoms. The number of ether oxygens (including phenoxy) is 2. The molecule has 1 aromatic rings. The molecule has 0 aliphatic carbocycles. The van der Waals surface area contributed by atoms with Crippen molar-refractivity contribution in [2.24, 2.45) is 5.41 Å². The van der Waals surface area contributed by atoms with Crippen LogP contribution in [-0.2, 0) is 25.5 Å². The summed E-state index contributed by atoms with van der Waals surface area (Å²) in [5.74, 6) is -1.09. The third-order valence-electron chi connectivity index (χ3n) is 3.13. The minimum absolute atomic E-state index is 0.238. The van der Waals surface area contributed by atoms with E-state index in [0.717, 1.165) is 11.1 Å². The van der Waals surface area contributed by atoms with Crippen LogP contribution in [0.4, 0.5) is 0 Å². The first-order valence-corrected chi connectivity index (χ1v) is 6.84. The second-order valence-electron chi connectivity index (χ2n) is 4.94. The maximum absolute atomic E-state index is 12.1. The Bertz CT molecular complexity index is 444. The van der Waals surface area contributed by atoms with Gasteiger partial charge in [-0.15, -0.1) is 0 Å². The highest BCUT2D eigenvalue weighted by Gasteiger charge is 2.44. The second kappa shape index (κ2) is 7.08. The van der Waals surface area contributed by atoms with Gasteiger partial charge in [0, 0.05) is 0 Å². The molecule has 0 radical (unpaired) electrons. The van der Waals surface area contributed by atoms with Crippen LogP contribution in [0.2, 0.25) is 0 Å². The van der Waals surface area contributed by atoms with Gasteiger partial charge in [0.1, 0.15) is 0 Å². The van der Waals surface area contributed by atoms with Gasteiger partial charge >= 0.3 is 11.9 Å². The summed E-state index contributed by atoms with van der Waals surface area (Å²) in [5.41, 5.74) is 0.725. The van der Waals surface area contributed by atoms with Crippen LogP contribution in [0.3, 0.4) is 0 Å². The van der Waals surface area contributed by atoms with Crippen molar-refractivity contribution in [1.29, 1.82) is 0 Å². The average Bonchev–Trinajstić information content (AvgIpc) is 2.41. The Morgan fingerprint density at radius 2 is 1.45 bits per heavy atom. The lowest BCUT2D eigenvalue weighted by Gasteiger charge is -2.25. The van der Waals surface area contributed by atoms with Crippen molar-refractivity contribution in [1.82, 2.24) is 0 Å². The average molecular weight is 278 g/mol. The number of carbonyl (C=O) groups excluding carboxylic acids is 2. The van der Waals surface area contributed by atoms with Crippen molar-refractivity contribution in [2.75, 3.05) is 13.2 Å². The maximum Gasteiger partial charge on any atom is 0.323 e. The van der Waals surface area contributed by atoms with Gasteiger partial charge in [0.25, 0.3) is 0 Å². The van der Waals surface area contributed by atoms with E-state index in [0.29, 0.717) is 0 Å². The topological polar surface area (TPSA) is 52.6 Å². The van der Waals surface area contributed by atoms with E-state index in [1.54, 1.807) is 20.8 Å². The van der Waals surface area contributed by atoms with E-state index in [9.17, 15) is 9.59 Å². The van der Waals surface area contributed by atoms with Crippen LogP contribution in [0.5, 0.6) is 0 Å². The molecule has 110 valence electrons. The van der Waals surface area contributed by atoms with Crippen molar-refractivity contribution in [3.63, 3.8) is 0 Å². The third kappa shape index (κ3) is 3.83. The first-order valence-electron chi connectivity index (χ1n) is 6.84. The molecular weight excluding hydrogens is 256 g/mol. The van der Waals surface area contributed by atoms with Crippen LogP contribution < -0.4 is 0 Å². The number of hydrogen-bond acceptors (Lipinski definition) is 4. The van der Waals surface area contributed by atoms with Gasteiger partial charge in [-0.3, -0.25) is 9.59 Å². The molecule has 0 fully saturated rings. The second-order valence-corrected chi connectivity index (χ2v) is 4.94. The van der Waals surface area contributed by atoms with Crippen molar-refractivity contribution in [2.45, 2.75) is 34.1 Å². The molecule has 4 heteroatoms. The minimum Gasteiger partial charge on any atom is -0.465 e. The van der Waals surface area contributed by atoms with E-state index in [-0.39, 0.29) is 19.6 Å². The number of carbonyl (C=O) groups is 2. The van der Waals surface area contributed by atoms with Gasteiger partial charge in [-0.2, -0.15) is 0 Å². The zero-order valence-electron chi connectivity index (χ0n) is 12.6. The third-order valence-corrected chi connectivity index (χ3v) is 3.13. The number of benzene rings is 1. The highest BCUT2D eigenvalue weighted by atomic mass is 16.6. The smallest absolute Gasteiger partial charge is 0.323 e. The van der Waals surface area contributed by atoms with E-state index < -0.39 is 17.4 Å². The summed E-state index contributed by atoms with van der Waals surface area (Å²) in [4.78, 5) is 24.3. The fraction of sp³-hybridized carbons (Fsp3) is 0.500. The van der Waals surface area contributed by atoms with Gasteiger partial charge in [0.15, 0.2) is 5.41 Å². The standard InChI is InChI=1S/C16H22O4/c1-5-19-14(17)16(4,15(18)20-6-2)11-13-9-7-12(3)8-10-13/h7-10H,5-6,11H2,1-4H3. The number of esters is 2. The van der Waals surface area contributed by atoms with Gasteiger partial charge < -0.3 is 9.47 Å². The van der Waals surface area contributed by atoms with Crippen LogP contribution in [0, 0.1) is 12.3 Å². The fourth-order valence-corrected chi connectivity index (χ4v) is 1.92. The molecule has 1 rings (SSSR count). The molecule has 0 aliphatic heterocycles. The zero-order valence-corrected chi connectivity index (χ0v) is 12.6. The minimum atomic E-state index is -1.30. The molecule has 4 nitrogen and oxygen atoms in total. The van der Waals surface area contributed by atoms with Crippen LogP contribution in [0.25, 0.3) is 0 Å². The molecule has 0 heterocycles. The summed E-state index contributed by atoms with van der Waals surface area (Å²) in [6.45, 7) is 7.47. The first kappa shape index (κ1) is 16.2. The van der Waals surface area contributed by atoms with E-state index in [4.69, 9.17) is 9.47 Å². The largest absolute Gasteiger partial charge is 0.465 e. The number of aryl methyl sites for hydroxylation is 1. The molecule has 0 amide bonds. The summed E-state index contributed by atoms with van der Waals surface area (Å²) < 4.78 is 10.1. The Labute approximate surface area is 120 Å². The molecule has 0 unspecified atom stereocenters. The molecule has 0 saturated carbocycles. The summed E-state index contributed by atoms with van der Waals surface area (Å²) in [7, 11) is 0. The van der Waals surface area contributed by atoms with Crippen molar-refractivity contribution in [3.8, 4) is 0 Å². The van der Waals surface area contributed by atoms with Crippen LogP contribution in [0.1, 0.15) is 31.9 Å². The van der Waals surface area contributed by atoms with Gasteiger partial charge in [0.05, 0.1) is 13.2 Å². The Kier molecular flexibility index (Phi) is 5.74. The van der Waals surface area contributed by atoms with Crippen molar-refractivity contribution < 1.29 is 19.1 Å². The molecule has 1 aromatic carbocycles. The van der Waals surface area contributed by atoms with Gasteiger partial charge in [-0.05, 0) is 39.7 Å². The molecule has 0 aromatic heterocycles. The zero-order chi connectivity index (χ0) is 15.2. The van der Waals surface area contributed by atoms with E-state index in [2.05, 4.69) is 0 Å². The lowest BCUT2D eigenvalue weighted by molar-refractivity contribution is -0.170. The molecule has 0 atom stereocenters. The summed E-state index contributed by atoms with van der Waals surface area (Å²) >= 11 is 0. The Balaban J connectivity index is 3.00. The Morgan fingerprint density at radius 3 is 1.85 bits per heavy atom. The van der Waals surface area contributed by atoms with Gasteiger partial charge in [-0.25, -0.2) is 0 Å². The summed E-state index contributed by atoms with van der Waals surface area (Å²) in [6, 6.07) is 7.72. The molecule has 0 bridgehead atoms. The van der Waals surface area contributed by atoms with E-state index in [1.165, 1.54) is 0 Å². The van der Waals surface area contributed by atoms with Crippen molar-refractivity contribution in [3.05, 3.63) is 35.4 Å². The lowest BCUT2D eigenvalue weighted by atomic mass is 9.83. The highest BCUT2D eigenvalue weighted by Crippen LogP contribution is 2.27. The van der Waals surface area contributed by atoms with Crippen LogP contribution >= 0.6 is 0 Å². The highest BCUT2D eigenvalue weighted by molar-refractivity contribution is 5.99. The Hall–Kier alpha value is -1.84. The summed E-state index contributed by atoms with van der Waals surface area (Å²) in [5, 5.41) is 0. The van der Waals surface area contributed by atoms with Crippen LogP contribution in [-0.4, -0.2) is 25.2 Å². The maximum atomic E-state index is 12.1. The SMILES string of the molecule is CCOC(=O)C(C)(Cc1ccc(C)cc1)C(=O)OCC. The fourth-order valence-electron chi connectivity index (χ4n) is 1.92. The van der Waals surface area contributed by atoms with E-state index >= 15 is 0 Å². The molecule has 20 heavy (non-hydrogen) atoms. The lowest BCUT2D eigenvalue weighted by Crippen LogP contribution is -2.41. The molecule has 0 saturated heterocycles. The number of rotatable bonds is 6. The van der Waals surface area contributed by atoms with Gasteiger partial charge in [-0.1, -0.05) is 29.8 Å². The molecular formula is C16H22O4. The summed E-state index contributed by atoms with van der Waals surface area (Å²) in [6.07, 6.45) is 0.269. The van der Waals surface area contributed by atoms with E-state index in [1.807, 2.05) is 31.2 Å². The van der Waals surface area contributed by atoms with Crippen LogP contribution in [0.15, 0.2) is 24.3 Å². The predicted octanol–water partition coefficient (Wildman–Crippen LogP) is 2.67. The first-order chi connectivity index (χ1) is 9.43. The predicted molar refractivity (Wildman–Crippen MR) is 76.3 cm³/mol. The Morgan fingerprint density at radius 1 is 1.00 bits per heavy atom. The van der Waals surface area contributed by atoms with Gasteiger partial charge in [0.2, 0.25) is 0 Å². The normalized spacial score (nSPS) is 11.0. The molecule has 0 N–H and O–H groups in total. The quantitative estimate of drug-likeness (QED) is 0.593. The molecule has 0 aliphatic rings. The number of hydrogen-bond donors (Lipinski definition) is 0. The van der Waals surface area contributed by atoms with Crippen molar-refractivity contribution >= 4 is 11.9 Å². The monoisotopic (exact) mass is 278 g/mol.